The van der Waals surface area contributed by atoms with Gasteiger partial charge in [0.2, 0.25) is 5.91 Å². The number of carbonyl (C=O) groups excluding carboxylic acids is 1. The molecule has 0 atom stereocenters. The summed E-state index contributed by atoms with van der Waals surface area (Å²) in [5.74, 6) is -1.31. The highest BCUT2D eigenvalue weighted by molar-refractivity contribution is 6.02. The van der Waals surface area contributed by atoms with Crippen molar-refractivity contribution in [2.45, 2.75) is 25.8 Å². The van der Waals surface area contributed by atoms with Gasteiger partial charge in [-0.3, -0.25) is 14.7 Å². The summed E-state index contributed by atoms with van der Waals surface area (Å²) in [7, 11) is 1.62. The number of amides is 1. The normalized spacial score (nSPS) is 17.2. The number of hydrogen-bond acceptors (Lipinski definition) is 3. The SMILES string of the molecule is CN(Cc1cn[nH]c1)C(=O)C1(C(=O)O)CCC1. The van der Waals surface area contributed by atoms with Crippen molar-refractivity contribution in [2.24, 2.45) is 5.41 Å². The molecule has 0 unspecified atom stereocenters. The molecule has 6 nitrogen and oxygen atoms in total. The van der Waals surface area contributed by atoms with Gasteiger partial charge in [0.25, 0.3) is 0 Å². The van der Waals surface area contributed by atoms with Gasteiger partial charge >= 0.3 is 5.97 Å². The van der Waals surface area contributed by atoms with Crippen LogP contribution in [0.5, 0.6) is 0 Å². The molecule has 1 aromatic heterocycles. The van der Waals surface area contributed by atoms with Crippen LogP contribution < -0.4 is 0 Å². The molecular formula is C11H15N3O3. The van der Waals surface area contributed by atoms with Crippen LogP contribution in [0.4, 0.5) is 0 Å². The zero-order valence-electron chi connectivity index (χ0n) is 9.64. The molecule has 1 amide bonds. The highest BCUT2D eigenvalue weighted by atomic mass is 16.4. The average Bonchev–Trinajstić information content (AvgIpc) is 2.67. The van der Waals surface area contributed by atoms with E-state index in [-0.39, 0.29) is 5.91 Å². The average molecular weight is 237 g/mol. The lowest BCUT2D eigenvalue weighted by Gasteiger charge is -2.38. The zero-order chi connectivity index (χ0) is 12.5. The quantitative estimate of drug-likeness (QED) is 0.752. The van der Waals surface area contributed by atoms with E-state index >= 15 is 0 Å². The maximum Gasteiger partial charge on any atom is 0.319 e. The molecule has 0 radical (unpaired) electrons. The van der Waals surface area contributed by atoms with Crippen molar-refractivity contribution in [3.05, 3.63) is 18.0 Å². The van der Waals surface area contributed by atoms with E-state index in [9.17, 15) is 9.59 Å². The van der Waals surface area contributed by atoms with Crippen LogP contribution in [0.25, 0.3) is 0 Å². The van der Waals surface area contributed by atoms with Gasteiger partial charge in [-0.25, -0.2) is 0 Å². The summed E-state index contributed by atoms with van der Waals surface area (Å²) in [5.41, 5.74) is -0.320. The molecule has 1 aliphatic rings. The predicted octanol–water partition coefficient (Wildman–Crippen LogP) is 0.623. The zero-order valence-corrected chi connectivity index (χ0v) is 9.64. The molecule has 1 aromatic rings. The monoisotopic (exact) mass is 237 g/mol. The van der Waals surface area contributed by atoms with E-state index in [1.54, 1.807) is 19.4 Å². The molecule has 2 rings (SSSR count). The third kappa shape index (κ3) is 1.90. The molecule has 1 heterocycles. The molecule has 17 heavy (non-hydrogen) atoms. The lowest BCUT2D eigenvalue weighted by Crippen LogP contribution is -2.51. The minimum atomic E-state index is -1.18. The van der Waals surface area contributed by atoms with Crippen molar-refractivity contribution < 1.29 is 14.7 Å². The Balaban J connectivity index is 2.06. The second kappa shape index (κ2) is 4.20. The Morgan fingerprint density at radius 1 is 1.59 bits per heavy atom. The van der Waals surface area contributed by atoms with Crippen molar-refractivity contribution in [3.63, 3.8) is 0 Å². The number of rotatable bonds is 4. The van der Waals surface area contributed by atoms with Gasteiger partial charge in [-0.05, 0) is 12.8 Å². The summed E-state index contributed by atoms with van der Waals surface area (Å²) in [6, 6.07) is 0. The van der Waals surface area contributed by atoms with Crippen molar-refractivity contribution >= 4 is 11.9 Å². The molecule has 1 aliphatic carbocycles. The van der Waals surface area contributed by atoms with E-state index in [4.69, 9.17) is 5.11 Å². The van der Waals surface area contributed by atoms with Crippen LogP contribution in [-0.4, -0.2) is 39.1 Å². The van der Waals surface area contributed by atoms with Crippen LogP contribution in [0.2, 0.25) is 0 Å². The van der Waals surface area contributed by atoms with E-state index in [2.05, 4.69) is 10.2 Å². The van der Waals surface area contributed by atoms with Gasteiger partial charge in [-0.15, -0.1) is 0 Å². The highest BCUT2D eigenvalue weighted by Crippen LogP contribution is 2.42. The lowest BCUT2D eigenvalue weighted by atomic mass is 9.68. The first kappa shape index (κ1) is 11.6. The van der Waals surface area contributed by atoms with Crippen LogP contribution in [0.1, 0.15) is 24.8 Å². The summed E-state index contributed by atoms with van der Waals surface area (Å²) < 4.78 is 0. The van der Waals surface area contributed by atoms with E-state index < -0.39 is 11.4 Å². The Labute approximate surface area is 98.6 Å². The number of aromatic amines is 1. The number of aliphatic carboxylic acids is 1. The summed E-state index contributed by atoms with van der Waals surface area (Å²) >= 11 is 0. The van der Waals surface area contributed by atoms with Gasteiger partial charge in [-0.2, -0.15) is 5.10 Å². The van der Waals surface area contributed by atoms with Gasteiger partial charge in [-0.1, -0.05) is 6.42 Å². The Morgan fingerprint density at radius 3 is 2.71 bits per heavy atom. The van der Waals surface area contributed by atoms with Crippen molar-refractivity contribution in [1.82, 2.24) is 15.1 Å². The molecule has 0 aliphatic heterocycles. The maximum absolute atomic E-state index is 12.1. The molecule has 1 saturated carbocycles. The van der Waals surface area contributed by atoms with Crippen LogP contribution in [0, 0.1) is 5.41 Å². The fraction of sp³-hybridized carbons (Fsp3) is 0.545. The first-order valence-corrected chi connectivity index (χ1v) is 5.53. The van der Waals surface area contributed by atoms with Crippen molar-refractivity contribution in [3.8, 4) is 0 Å². The minimum absolute atomic E-state index is 0.308. The second-order valence-electron chi connectivity index (χ2n) is 4.51. The summed E-state index contributed by atoms with van der Waals surface area (Å²) in [5, 5.41) is 15.6. The van der Waals surface area contributed by atoms with Crippen LogP contribution in [0.3, 0.4) is 0 Å². The van der Waals surface area contributed by atoms with Crippen LogP contribution in [0.15, 0.2) is 12.4 Å². The minimum Gasteiger partial charge on any atom is -0.480 e. The number of nitrogens with one attached hydrogen (secondary N) is 1. The highest BCUT2D eigenvalue weighted by Gasteiger charge is 2.52. The molecule has 92 valence electrons. The second-order valence-corrected chi connectivity index (χ2v) is 4.51. The van der Waals surface area contributed by atoms with Gasteiger partial charge in [0.15, 0.2) is 0 Å². The van der Waals surface area contributed by atoms with Gasteiger partial charge in [0.05, 0.1) is 6.20 Å². The standard InChI is InChI=1S/C11H15N3O3/c1-14(7-8-5-12-13-6-8)9(15)11(10(16)17)3-2-4-11/h5-6H,2-4,7H2,1H3,(H,12,13)(H,16,17). The van der Waals surface area contributed by atoms with Gasteiger partial charge < -0.3 is 10.0 Å². The number of aromatic nitrogens is 2. The number of hydrogen-bond donors (Lipinski definition) is 2. The van der Waals surface area contributed by atoms with E-state index in [1.807, 2.05) is 0 Å². The fourth-order valence-corrected chi connectivity index (χ4v) is 2.12. The largest absolute Gasteiger partial charge is 0.480 e. The third-order valence-electron chi connectivity index (χ3n) is 3.35. The molecule has 0 saturated heterocycles. The van der Waals surface area contributed by atoms with E-state index in [0.717, 1.165) is 12.0 Å². The van der Waals surface area contributed by atoms with Crippen molar-refractivity contribution in [2.75, 3.05) is 7.05 Å². The predicted molar refractivity (Wildman–Crippen MR) is 59.0 cm³/mol. The first-order valence-electron chi connectivity index (χ1n) is 5.53. The summed E-state index contributed by atoms with van der Waals surface area (Å²) in [6.45, 7) is 0.379. The number of carboxylic acid groups (broad SMARTS) is 1. The fourth-order valence-electron chi connectivity index (χ4n) is 2.12. The maximum atomic E-state index is 12.1. The summed E-state index contributed by atoms with van der Waals surface area (Å²) in [6.07, 6.45) is 5.00. The molecule has 0 spiro atoms. The molecule has 0 aromatic carbocycles. The molecular weight excluding hydrogens is 222 g/mol. The Hall–Kier alpha value is -1.85. The van der Waals surface area contributed by atoms with E-state index in [1.165, 1.54) is 4.90 Å². The summed E-state index contributed by atoms with van der Waals surface area (Å²) in [4.78, 5) is 24.8. The van der Waals surface area contributed by atoms with Gasteiger partial charge in [0, 0.05) is 25.4 Å². The van der Waals surface area contributed by atoms with E-state index in [0.29, 0.717) is 19.4 Å². The number of carboxylic acids is 1. The number of carbonyl (C=O) groups is 2. The van der Waals surface area contributed by atoms with Crippen LogP contribution >= 0.6 is 0 Å². The molecule has 1 fully saturated rings. The lowest BCUT2D eigenvalue weighted by molar-refractivity contribution is -0.167. The Morgan fingerprint density at radius 2 is 2.29 bits per heavy atom. The number of H-pyrrole nitrogens is 1. The number of nitrogens with zero attached hydrogens (tertiary/aromatic N) is 2. The van der Waals surface area contributed by atoms with Crippen molar-refractivity contribution in [1.29, 1.82) is 0 Å². The van der Waals surface area contributed by atoms with Gasteiger partial charge in [0.1, 0.15) is 5.41 Å². The molecule has 6 heteroatoms. The molecule has 2 N–H and O–H groups in total. The Kier molecular flexibility index (Phi) is 2.87. The Bertz CT molecular complexity index is 423. The smallest absolute Gasteiger partial charge is 0.319 e. The third-order valence-corrected chi connectivity index (χ3v) is 3.35. The first-order chi connectivity index (χ1) is 8.06. The molecule has 0 bridgehead atoms. The topological polar surface area (TPSA) is 86.3 Å². The van der Waals surface area contributed by atoms with Crippen LogP contribution in [-0.2, 0) is 16.1 Å².